The second-order valence-electron chi connectivity index (χ2n) is 6.17. The molecule has 1 atom stereocenters. The lowest BCUT2D eigenvalue weighted by Crippen LogP contribution is -2.54. The molecular formula is C17H24N4OS. The van der Waals surface area contributed by atoms with Crippen LogP contribution in [0.1, 0.15) is 37.2 Å². The van der Waals surface area contributed by atoms with E-state index in [1.165, 1.54) is 17.1 Å². The van der Waals surface area contributed by atoms with Crippen molar-refractivity contribution in [2.24, 2.45) is 0 Å². The minimum Gasteiger partial charge on any atom is -0.381 e. The van der Waals surface area contributed by atoms with Crippen LogP contribution in [0.3, 0.4) is 0 Å². The molecule has 3 rings (SSSR count). The van der Waals surface area contributed by atoms with Gasteiger partial charge in [0.05, 0.1) is 0 Å². The fraction of sp³-hybridized carbons (Fsp3) is 0.529. The van der Waals surface area contributed by atoms with Gasteiger partial charge in [0.15, 0.2) is 0 Å². The number of ether oxygens (including phenoxy) is 1. The Bertz CT molecular complexity index is 610. The van der Waals surface area contributed by atoms with E-state index in [2.05, 4.69) is 57.2 Å². The van der Waals surface area contributed by atoms with Crippen molar-refractivity contribution in [3.8, 4) is 0 Å². The summed E-state index contributed by atoms with van der Waals surface area (Å²) in [6.07, 6.45) is 1.99. The van der Waals surface area contributed by atoms with Gasteiger partial charge in [0.25, 0.3) is 0 Å². The number of aromatic nitrogens is 2. The summed E-state index contributed by atoms with van der Waals surface area (Å²) in [5, 5.41) is 8.19. The van der Waals surface area contributed by atoms with Crippen LogP contribution in [-0.4, -0.2) is 34.7 Å². The number of benzene rings is 1. The highest BCUT2D eigenvalue weighted by molar-refractivity contribution is 7.09. The van der Waals surface area contributed by atoms with Crippen LogP contribution in [0.2, 0.25) is 0 Å². The molecule has 0 radical (unpaired) electrons. The Labute approximate surface area is 141 Å². The highest BCUT2D eigenvalue weighted by Gasteiger charge is 2.34. The number of hydrogen-bond donors (Lipinski definition) is 2. The zero-order chi connectivity index (χ0) is 16.1. The van der Waals surface area contributed by atoms with Crippen LogP contribution in [-0.2, 0) is 4.74 Å². The molecule has 2 aromatic rings. The quantitative estimate of drug-likeness (QED) is 0.851. The SMILES string of the molecule is Cc1nsc(NCC2(N[C@@H](C)c3ccccc3)CCOCC2)n1. The van der Waals surface area contributed by atoms with Crippen molar-refractivity contribution in [2.45, 2.75) is 38.3 Å². The Morgan fingerprint density at radius 1 is 1.26 bits per heavy atom. The van der Waals surface area contributed by atoms with Gasteiger partial charge in [0, 0.05) is 42.9 Å². The van der Waals surface area contributed by atoms with E-state index in [1.54, 1.807) is 0 Å². The standard InChI is InChI=1S/C17H24N4OS/c1-13(15-6-4-3-5-7-15)20-17(8-10-22-11-9-17)12-18-16-19-14(2)21-23-16/h3-7,13,20H,8-12H2,1-2H3,(H,18,19,21)/t13-/m0/s1. The van der Waals surface area contributed by atoms with E-state index < -0.39 is 0 Å². The first-order valence-corrected chi connectivity index (χ1v) is 8.89. The molecule has 2 heterocycles. The van der Waals surface area contributed by atoms with Crippen LogP contribution in [0.25, 0.3) is 0 Å². The van der Waals surface area contributed by atoms with Gasteiger partial charge in [-0.1, -0.05) is 30.3 Å². The summed E-state index contributed by atoms with van der Waals surface area (Å²) in [7, 11) is 0. The van der Waals surface area contributed by atoms with Crippen LogP contribution >= 0.6 is 11.5 Å². The van der Waals surface area contributed by atoms with Crippen LogP contribution in [0.5, 0.6) is 0 Å². The van der Waals surface area contributed by atoms with E-state index in [-0.39, 0.29) is 5.54 Å². The maximum atomic E-state index is 5.58. The molecule has 0 spiro atoms. The predicted molar refractivity (Wildman–Crippen MR) is 93.9 cm³/mol. The lowest BCUT2D eigenvalue weighted by atomic mass is 9.88. The van der Waals surface area contributed by atoms with E-state index in [0.29, 0.717) is 6.04 Å². The maximum Gasteiger partial charge on any atom is 0.202 e. The molecule has 0 saturated carbocycles. The number of hydrogen-bond acceptors (Lipinski definition) is 6. The largest absolute Gasteiger partial charge is 0.381 e. The molecule has 23 heavy (non-hydrogen) atoms. The maximum absolute atomic E-state index is 5.58. The summed E-state index contributed by atoms with van der Waals surface area (Å²) in [5.74, 6) is 0.823. The van der Waals surface area contributed by atoms with Crippen molar-refractivity contribution in [1.82, 2.24) is 14.7 Å². The molecule has 1 aromatic heterocycles. The normalized spacial score (nSPS) is 18.5. The van der Waals surface area contributed by atoms with Crippen molar-refractivity contribution >= 4 is 16.7 Å². The van der Waals surface area contributed by atoms with E-state index in [4.69, 9.17) is 4.74 Å². The van der Waals surface area contributed by atoms with Gasteiger partial charge in [-0.15, -0.1) is 0 Å². The fourth-order valence-corrected chi connectivity index (χ4v) is 3.60. The summed E-state index contributed by atoms with van der Waals surface area (Å²) >= 11 is 1.42. The smallest absolute Gasteiger partial charge is 0.202 e. The van der Waals surface area contributed by atoms with Crippen LogP contribution in [0.4, 0.5) is 5.13 Å². The zero-order valence-electron chi connectivity index (χ0n) is 13.7. The van der Waals surface area contributed by atoms with E-state index in [0.717, 1.165) is 43.6 Å². The number of rotatable bonds is 6. The van der Waals surface area contributed by atoms with E-state index >= 15 is 0 Å². The predicted octanol–water partition coefficient (Wildman–Crippen LogP) is 3.16. The van der Waals surface area contributed by atoms with Gasteiger partial charge in [0.1, 0.15) is 5.82 Å². The third-order valence-electron chi connectivity index (χ3n) is 4.38. The minimum atomic E-state index is 0.0209. The molecule has 124 valence electrons. The Kier molecular flexibility index (Phi) is 5.25. The monoisotopic (exact) mass is 332 g/mol. The molecule has 1 aliphatic heterocycles. The number of aryl methyl sites for hydroxylation is 1. The van der Waals surface area contributed by atoms with Crippen LogP contribution in [0.15, 0.2) is 30.3 Å². The minimum absolute atomic E-state index is 0.0209. The molecule has 5 nitrogen and oxygen atoms in total. The molecule has 0 bridgehead atoms. The van der Waals surface area contributed by atoms with E-state index in [1.807, 2.05) is 6.92 Å². The summed E-state index contributed by atoms with van der Waals surface area (Å²) in [4.78, 5) is 4.40. The van der Waals surface area contributed by atoms with Crippen molar-refractivity contribution in [2.75, 3.05) is 25.1 Å². The third-order valence-corrected chi connectivity index (χ3v) is 5.14. The summed E-state index contributed by atoms with van der Waals surface area (Å²) in [6, 6.07) is 10.9. The lowest BCUT2D eigenvalue weighted by Gasteiger charge is -2.40. The second-order valence-corrected chi connectivity index (χ2v) is 6.92. The summed E-state index contributed by atoms with van der Waals surface area (Å²) in [6.45, 7) is 6.57. The fourth-order valence-electron chi connectivity index (χ4n) is 3.03. The molecule has 1 saturated heterocycles. The van der Waals surface area contributed by atoms with Crippen LogP contribution < -0.4 is 10.6 Å². The first-order chi connectivity index (χ1) is 11.2. The highest BCUT2D eigenvalue weighted by Crippen LogP contribution is 2.26. The van der Waals surface area contributed by atoms with Crippen molar-refractivity contribution in [1.29, 1.82) is 0 Å². The van der Waals surface area contributed by atoms with Gasteiger partial charge in [0.2, 0.25) is 5.13 Å². The van der Waals surface area contributed by atoms with Crippen molar-refractivity contribution in [3.05, 3.63) is 41.7 Å². The van der Waals surface area contributed by atoms with Crippen LogP contribution in [0, 0.1) is 6.92 Å². The van der Waals surface area contributed by atoms with Crippen molar-refractivity contribution in [3.63, 3.8) is 0 Å². The van der Waals surface area contributed by atoms with Crippen molar-refractivity contribution < 1.29 is 4.74 Å². The second kappa shape index (κ2) is 7.38. The molecule has 1 aliphatic rings. The van der Waals surface area contributed by atoms with E-state index in [9.17, 15) is 0 Å². The molecular weight excluding hydrogens is 308 g/mol. The summed E-state index contributed by atoms with van der Waals surface area (Å²) < 4.78 is 9.81. The molecule has 0 amide bonds. The molecule has 2 N–H and O–H groups in total. The van der Waals surface area contributed by atoms with Gasteiger partial charge in [-0.3, -0.25) is 0 Å². The van der Waals surface area contributed by atoms with Gasteiger partial charge in [-0.05, 0) is 32.3 Å². The first kappa shape index (κ1) is 16.4. The van der Waals surface area contributed by atoms with Gasteiger partial charge >= 0.3 is 0 Å². The Morgan fingerprint density at radius 2 is 2.00 bits per heavy atom. The Morgan fingerprint density at radius 3 is 2.65 bits per heavy atom. The Balaban J connectivity index is 1.68. The highest BCUT2D eigenvalue weighted by atomic mass is 32.1. The molecule has 6 heteroatoms. The summed E-state index contributed by atoms with van der Waals surface area (Å²) in [5.41, 5.74) is 1.33. The number of anilines is 1. The first-order valence-electron chi connectivity index (χ1n) is 8.11. The van der Waals surface area contributed by atoms with Gasteiger partial charge < -0.3 is 15.4 Å². The molecule has 1 fully saturated rings. The molecule has 0 aliphatic carbocycles. The number of nitrogens with zero attached hydrogens (tertiary/aromatic N) is 2. The lowest BCUT2D eigenvalue weighted by molar-refractivity contribution is 0.0389. The number of nitrogens with one attached hydrogen (secondary N) is 2. The average Bonchev–Trinajstić information content (AvgIpc) is 3.00. The zero-order valence-corrected chi connectivity index (χ0v) is 14.5. The van der Waals surface area contributed by atoms with Gasteiger partial charge in [-0.2, -0.15) is 4.37 Å². The molecule has 0 unspecified atom stereocenters. The Hall–Kier alpha value is -1.50. The third kappa shape index (κ3) is 4.28. The topological polar surface area (TPSA) is 59.1 Å². The molecule has 1 aromatic carbocycles. The van der Waals surface area contributed by atoms with Gasteiger partial charge in [-0.25, -0.2) is 4.98 Å². The average molecular weight is 332 g/mol.